The molecule has 2 rings (SSSR count). The first kappa shape index (κ1) is 13.7. The van der Waals surface area contributed by atoms with Gasteiger partial charge in [-0.2, -0.15) is 0 Å². The van der Waals surface area contributed by atoms with E-state index in [0.717, 1.165) is 0 Å². The van der Waals surface area contributed by atoms with Gasteiger partial charge in [0.05, 0.1) is 5.69 Å². The lowest BCUT2D eigenvalue weighted by molar-refractivity contribution is -0.111. The molecule has 1 amide bonds. The first-order valence-electron chi connectivity index (χ1n) is 5.84. The Kier molecular flexibility index (Phi) is 4.10. The van der Waals surface area contributed by atoms with Gasteiger partial charge in [0.15, 0.2) is 0 Å². The number of carbonyl (C=O) groups is 1. The SMILES string of the molecule is Nc1cc(/C=C/C(=O)Nc2ccc(F)cc2)ccc1F. The van der Waals surface area contributed by atoms with Crippen molar-refractivity contribution in [2.45, 2.75) is 0 Å². The molecule has 0 aliphatic carbocycles. The molecule has 0 radical (unpaired) electrons. The number of hydrogen-bond acceptors (Lipinski definition) is 2. The van der Waals surface area contributed by atoms with Crippen molar-refractivity contribution in [1.82, 2.24) is 0 Å². The summed E-state index contributed by atoms with van der Waals surface area (Å²) in [6.45, 7) is 0. The van der Waals surface area contributed by atoms with Crippen LogP contribution in [0.4, 0.5) is 20.2 Å². The molecule has 5 heteroatoms. The van der Waals surface area contributed by atoms with E-state index >= 15 is 0 Å². The van der Waals surface area contributed by atoms with Crippen LogP contribution in [0.15, 0.2) is 48.5 Å². The van der Waals surface area contributed by atoms with Crippen LogP contribution < -0.4 is 11.1 Å². The lowest BCUT2D eigenvalue weighted by Gasteiger charge is -2.01. The van der Waals surface area contributed by atoms with Gasteiger partial charge in [0, 0.05) is 11.8 Å². The minimum absolute atomic E-state index is 0.0195. The fourth-order valence-corrected chi connectivity index (χ4v) is 1.55. The molecule has 0 atom stereocenters. The lowest BCUT2D eigenvalue weighted by atomic mass is 10.2. The normalized spacial score (nSPS) is 10.7. The number of carbonyl (C=O) groups excluding carboxylic acids is 1. The van der Waals surface area contributed by atoms with Crippen LogP contribution in [0, 0.1) is 11.6 Å². The highest BCUT2D eigenvalue weighted by Crippen LogP contribution is 2.13. The average Bonchev–Trinajstić information content (AvgIpc) is 2.43. The second-order valence-electron chi connectivity index (χ2n) is 4.11. The maximum atomic E-state index is 13.0. The van der Waals surface area contributed by atoms with Gasteiger partial charge < -0.3 is 11.1 Å². The summed E-state index contributed by atoms with van der Waals surface area (Å²) < 4.78 is 25.7. The largest absolute Gasteiger partial charge is 0.396 e. The standard InChI is InChI=1S/C15H12F2N2O/c16-11-3-5-12(6-4-11)19-15(20)8-2-10-1-7-13(17)14(18)9-10/h1-9H,18H2,(H,19,20)/b8-2+. The summed E-state index contributed by atoms with van der Waals surface area (Å²) in [4.78, 5) is 11.6. The van der Waals surface area contributed by atoms with Crippen molar-refractivity contribution in [2.75, 3.05) is 11.1 Å². The highest BCUT2D eigenvalue weighted by molar-refractivity contribution is 6.01. The number of rotatable bonds is 3. The van der Waals surface area contributed by atoms with Gasteiger partial charge in [-0.05, 0) is 48.0 Å². The Balaban J connectivity index is 2.01. The van der Waals surface area contributed by atoms with Crippen molar-refractivity contribution in [3.05, 3.63) is 65.7 Å². The van der Waals surface area contributed by atoms with Crippen LogP contribution in [0.5, 0.6) is 0 Å². The van der Waals surface area contributed by atoms with Crippen molar-refractivity contribution >= 4 is 23.4 Å². The molecule has 0 spiro atoms. The molecule has 0 saturated carbocycles. The molecule has 102 valence electrons. The smallest absolute Gasteiger partial charge is 0.248 e. The number of benzene rings is 2. The Hall–Kier alpha value is -2.69. The summed E-state index contributed by atoms with van der Waals surface area (Å²) >= 11 is 0. The van der Waals surface area contributed by atoms with Gasteiger partial charge in [0.1, 0.15) is 11.6 Å². The molecule has 0 fully saturated rings. The van der Waals surface area contributed by atoms with Gasteiger partial charge in [-0.25, -0.2) is 8.78 Å². The number of nitrogens with one attached hydrogen (secondary N) is 1. The van der Waals surface area contributed by atoms with Crippen molar-refractivity contribution in [2.24, 2.45) is 0 Å². The molecular formula is C15H12F2N2O. The Morgan fingerprint density at radius 2 is 1.80 bits per heavy atom. The van der Waals surface area contributed by atoms with Crippen molar-refractivity contribution in [1.29, 1.82) is 0 Å². The maximum absolute atomic E-state index is 13.0. The third-order valence-electron chi connectivity index (χ3n) is 2.56. The predicted octanol–water partition coefficient (Wildman–Crippen LogP) is 3.20. The van der Waals surface area contributed by atoms with Gasteiger partial charge in [-0.3, -0.25) is 4.79 Å². The van der Waals surface area contributed by atoms with Crippen molar-refractivity contribution in [3.8, 4) is 0 Å². The second-order valence-corrected chi connectivity index (χ2v) is 4.11. The highest BCUT2D eigenvalue weighted by atomic mass is 19.1. The monoisotopic (exact) mass is 274 g/mol. The first-order chi connectivity index (χ1) is 9.54. The summed E-state index contributed by atoms with van der Waals surface area (Å²) in [6.07, 6.45) is 2.80. The molecule has 0 aliphatic rings. The van der Waals surface area contributed by atoms with Crippen molar-refractivity contribution in [3.63, 3.8) is 0 Å². The minimum Gasteiger partial charge on any atom is -0.396 e. The maximum Gasteiger partial charge on any atom is 0.248 e. The van der Waals surface area contributed by atoms with E-state index < -0.39 is 5.82 Å². The molecule has 0 saturated heterocycles. The fraction of sp³-hybridized carbons (Fsp3) is 0. The van der Waals surface area contributed by atoms with E-state index in [0.29, 0.717) is 11.3 Å². The Bertz CT molecular complexity index is 651. The summed E-state index contributed by atoms with van der Waals surface area (Å²) in [6, 6.07) is 9.57. The third kappa shape index (κ3) is 3.65. The number of hydrogen-bond donors (Lipinski definition) is 2. The first-order valence-corrected chi connectivity index (χ1v) is 5.84. The van der Waals surface area contributed by atoms with Gasteiger partial charge in [-0.15, -0.1) is 0 Å². The zero-order chi connectivity index (χ0) is 14.5. The van der Waals surface area contributed by atoms with Gasteiger partial charge in [0.2, 0.25) is 5.91 Å². The number of nitrogen functional groups attached to an aromatic ring is 1. The van der Waals surface area contributed by atoms with E-state index in [1.54, 1.807) is 0 Å². The van der Waals surface area contributed by atoms with Gasteiger partial charge >= 0.3 is 0 Å². The Labute approximate surface area is 114 Å². The molecule has 3 N–H and O–H groups in total. The van der Waals surface area contributed by atoms with Crippen LogP contribution in [0.2, 0.25) is 0 Å². The molecule has 20 heavy (non-hydrogen) atoms. The Morgan fingerprint density at radius 1 is 1.10 bits per heavy atom. The van der Waals surface area contributed by atoms with E-state index in [2.05, 4.69) is 5.32 Å². The number of amides is 1. The van der Waals surface area contributed by atoms with Crippen LogP contribution in [0.1, 0.15) is 5.56 Å². The number of halogens is 2. The number of nitrogens with two attached hydrogens (primary N) is 1. The average molecular weight is 274 g/mol. The molecule has 2 aromatic carbocycles. The molecule has 0 heterocycles. The van der Waals surface area contributed by atoms with E-state index in [9.17, 15) is 13.6 Å². The lowest BCUT2D eigenvalue weighted by Crippen LogP contribution is -2.07. The summed E-state index contributed by atoms with van der Waals surface area (Å²) in [7, 11) is 0. The van der Waals surface area contributed by atoms with Crippen LogP contribution >= 0.6 is 0 Å². The van der Waals surface area contributed by atoms with E-state index in [-0.39, 0.29) is 17.4 Å². The molecule has 0 aromatic heterocycles. The summed E-state index contributed by atoms with van der Waals surface area (Å²) in [5, 5.41) is 2.57. The second kappa shape index (κ2) is 5.97. The van der Waals surface area contributed by atoms with Crippen LogP contribution in [0.25, 0.3) is 6.08 Å². The molecular weight excluding hydrogens is 262 g/mol. The van der Waals surface area contributed by atoms with Gasteiger partial charge in [0.25, 0.3) is 0 Å². The van der Waals surface area contributed by atoms with Crippen LogP contribution in [-0.2, 0) is 4.79 Å². The van der Waals surface area contributed by atoms with Crippen LogP contribution in [-0.4, -0.2) is 5.91 Å². The molecule has 0 aliphatic heterocycles. The minimum atomic E-state index is -0.502. The van der Waals surface area contributed by atoms with E-state index in [4.69, 9.17) is 5.73 Å². The molecule has 3 nitrogen and oxygen atoms in total. The Morgan fingerprint density at radius 3 is 2.45 bits per heavy atom. The zero-order valence-corrected chi connectivity index (χ0v) is 10.4. The highest BCUT2D eigenvalue weighted by Gasteiger charge is 2.00. The zero-order valence-electron chi connectivity index (χ0n) is 10.4. The number of anilines is 2. The molecule has 0 bridgehead atoms. The molecule has 0 unspecified atom stereocenters. The molecule has 2 aromatic rings. The fourth-order valence-electron chi connectivity index (χ4n) is 1.55. The van der Waals surface area contributed by atoms with E-state index in [1.165, 1.54) is 54.6 Å². The van der Waals surface area contributed by atoms with Gasteiger partial charge in [-0.1, -0.05) is 6.07 Å². The van der Waals surface area contributed by atoms with Crippen molar-refractivity contribution < 1.29 is 13.6 Å². The summed E-state index contributed by atoms with van der Waals surface area (Å²) in [5.74, 6) is -1.25. The van der Waals surface area contributed by atoms with Crippen LogP contribution in [0.3, 0.4) is 0 Å². The summed E-state index contributed by atoms with van der Waals surface area (Å²) in [5.41, 5.74) is 6.53. The van der Waals surface area contributed by atoms with E-state index in [1.807, 2.05) is 0 Å². The predicted molar refractivity (Wildman–Crippen MR) is 74.9 cm³/mol. The quantitative estimate of drug-likeness (QED) is 0.667. The topological polar surface area (TPSA) is 55.1 Å². The third-order valence-corrected chi connectivity index (χ3v) is 2.56.